The van der Waals surface area contributed by atoms with Crippen LogP contribution in [0.15, 0.2) is 18.2 Å². The molecule has 0 fully saturated rings. The van der Waals surface area contributed by atoms with Gasteiger partial charge in [0, 0.05) is 24.2 Å². The highest BCUT2D eigenvalue weighted by Gasteiger charge is 2.17. The minimum Gasteiger partial charge on any atom is -0.496 e. The van der Waals surface area contributed by atoms with Gasteiger partial charge in [-0.25, -0.2) is 0 Å². The van der Waals surface area contributed by atoms with Crippen molar-refractivity contribution in [1.82, 2.24) is 4.90 Å². The van der Waals surface area contributed by atoms with Crippen molar-refractivity contribution >= 4 is 0 Å². The summed E-state index contributed by atoms with van der Waals surface area (Å²) in [5.74, 6) is 0.884. The standard InChI is InChI=1S/C16H28N2O/c1-6-7-13(3)18(4)11-15(17)14-10-12(2)8-9-16(14)19-5/h8-10,13,15H,6-7,11,17H2,1-5H3. The fraction of sp³-hybridized carbons (Fsp3) is 0.625. The maximum absolute atomic E-state index is 6.35. The zero-order valence-corrected chi connectivity index (χ0v) is 12.9. The molecule has 108 valence electrons. The van der Waals surface area contributed by atoms with Crippen LogP contribution >= 0.6 is 0 Å². The van der Waals surface area contributed by atoms with Gasteiger partial charge in [0.15, 0.2) is 0 Å². The fourth-order valence-corrected chi connectivity index (χ4v) is 2.37. The first-order valence-electron chi connectivity index (χ1n) is 7.10. The van der Waals surface area contributed by atoms with E-state index in [0.717, 1.165) is 17.9 Å². The molecule has 0 amide bonds. The van der Waals surface area contributed by atoms with Crippen molar-refractivity contribution < 1.29 is 4.74 Å². The molecule has 0 heterocycles. The van der Waals surface area contributed by atoms with Crippen LogP contribution in [0.2, 0.25) is 0 Å². The van der Waals surface area contributed by atoms with E-state index in [0.29, 0.717) is 6.04 Å². The maximum atomic E-state index is 6.35. The number of hydrogen-bond acceptors (Lipinski definition) is 3. The van der Waals surface area contributed by atoms with Gasteiger partial charge < -0.3 is 15.4 Å². The molecular weight excluding hydrogens is 236 g/mol. The predicted molar refractivity (Wildman–Crippen MR) is 81.7 cm³/mol. The van der Waals surface area contributed by atoms with Crippen LogP contribution in [0.25, 0.3) is 0 Å². The van der Waals surface area contributed by atoms with Gasteiger partial charge in [0.2, 0.25) is 0 Å². The molecule has 0 spiro atoms. The Balaban J connectivity index is 2.77. The lowest BCUT2D eigenvalue weighted by molar-refractivity contribution is 0.230. The molecule has 0 saturated carbocycles. The quantitative estimate of drug-likeness (QED) is 0.822. The second-order valence-corrected chi connectivity index (χ2v) is 5.43. The van der Waals surface area contributed by atoms with Crippen LogP contribution in [-0.4, -0.2) is 31.6 Å². The van der Waals surface area contributed by atoms with Crippen molar-refractivity contribution in [2.75, 3.05) is 20.7 Å². The van der Waals surface area contributed by atoms with Gasteiger partial charge in [0.1, 0.15) is 5.75 Å². The van der Waals surface area contributed by atoms with E-state index in [2.05, 4.69) is 44.9 Å². The van der Waals surface area contributed by atoms with Gasteiger partial charge >= 0.3 is 0 Å². The first kappa shape index (κ1) is 16.0. The summed E-state index contributed by atoms with van der Waals surface area (Å²) in [7, 11) is 3.84. The lowest BCUT2D eigenvalue weighted by Crippen LogP contribution is -2.35. The number of methoxy groups -OCH3 is 1. The Morgan fingerprint density at radius 3 is 2.63 bits per heavy atom. The highest BCUT2D eigenvalue weighted by molar-refractivity contribution is 5.39. The number of benzene rings is 1. The molecule has 3 nitrogen and oxygen atoms in total. The molecule has 0 aliphatic rings. The molecule has 0 saturated heterocycles. The largest absolute Gasteiger partial charge is 0.496 e. The SMILES string of the molecule is CCCC(C)N(C)CC(N)c1cc(C)ccc1OC. The molecule has 0 aromatic heterocycles. The zero-order chi connectivity index (χ0) is 14.4. The van der Waals surface area contributed by atoms with Crippen molar-refractivity contribution in [2.24, 2.45) is 5.73 Å². The number of aryl methyl sites for hydroxylation is 1. The van der Waals surface area contributed by atoms with E-state index < -0.39 is 0 Å². The van der Waals surface area contributed by atoms with Crippen LogP contribution in [0.3, 0.4) is 0 Å². The van der Waals surface area contributed by atoms with E-state index in [1.807, 2.05) is 6.07 Å². The summed E-state index contributed by atoms with van der Waals surface area (Å²) in [4.78, 5) is 2.33. The van der Waals surface area contributed by atoms with E-state index in [1.54, 1.807) is 7.11 Å². The zero-order valence-electron chi connectivity index (χ0n) is 12.9. The second kappa shape index (κ2) is 7.51. The van der Waals surface area contributed by atoms with Crippen LogP contribution in [0.1, 0.15) is 43.9 Å². The third-order valence-electron chi connectivity index (χ3n) is 3.73. The lowest BCUT2D eigenvalue weighted by atomic mass is 10.0. The molecule has 0 bridgehead atoms. The van der Waals surface area contributed by atoms with Crippen molar-refractivity contribution in [3.63, 3.8) is 0 Å². The molecule has 3 heteroatoms. The molecule has 19 heavy (non-hydrogen) atoms. The third kappa shape index (κ3) is 4.51. The highest BCUT2D eigenvalue weighted by atomic mass is 16.5. The van der Waals surface area contributed by atoms with Crippen LogP contribution in [0.5, 0.6) is 5.75 Å². The van der Waals surface area contributed by atoms with Gasteiger partial charge in [-0.15, -0.1) is 0 Å². The molecule has 2 unspecified atom stereocenters. The predicted octanol–water partition coefficient (Wildman–Crippen LogP) is 3.12. The summed E-state index contributed by atoms with van der Waals surface area (Å²) < 4.78 is 5.41. The van der Waals surface area contributed by atoms with Crippen LogP contribution in [0.4, 0.5) is 0 Å². The Kier molecular flexibility index (Phi) is 6.32. The monoisotopic (exact) mass is 264 g/mol. The minimum atomic E-state index is -0.0147. The average Bonchev–Trinajstić information content (AvgIpc) is 2.38. The Labute approximate surface area is 117 Å². The third-order valence-corrected chi connectivity index (χ3v) is 3.73. The van der Waals surface area contributed by atoms with E-state index in [1.165, 1.54) is 18.4 Å². The topological polar surface area (TPSA) is 38.5 Å². The average molecular weight is 264 g/mol. The van der Waals surface area contributed by atoms with Crippen molar-refractivity contribution in [1.29, 1.82) is 0 Å². The van der Waals surface area contributed by atoms with Gasteiger partial charge in [-0.1, -0.05) is 31.0 Å². The van der Waals surface area contributed by atoms with Gasteiger partial charge in [-0.2, -0.15) is 0 Å². The molecule has 0 aliphatic heterocycles. The van der Waals surface area contributed by atoms with Gasteiger partial charge in [-0.05, 0) is 33.4 Å². The highest BCUT2D eigenvalue weighted by Crippen LogP contribution is 2.25. The van der Waals surface area contributed by atoms with Crippen LogP contribution < -0.4 is 10.5 Å². The van der Waals surface area contributed by atoms with E-state index in [-0.39, 0.29) is 6.04 Å². The molecule has 0 radical (unpaired) electrons. The lowest BCUT2D eigenvalue weighted by Gasteiger charge is -2.28. The normalized spacial score (nSPS) is 14.5. The van der Waals surface area contributed by atoms with Crippen LogP contribution in [-0.2, 0) is 0 Å². The Morgan fingerprint density at radius 1 is 1.37 bits per heavy atom. The summed E-state index contributed by atoms with van der Waals surface area (Å²) in [5, 5.41) is 0. The molecule has 2 N–H and O–H groups in total. The Morgan fingerprint density at radius 2 is 2.05 bits per heavy atom. The Bertz CT molecular complexity index is 392. The van der Waals surface area contributed by atoms with Gasteiger partial charge in [-0.3, -0.25) is 0 Å². The number of rotatable bonds is 7. The number of hydrogen-bond donors (Lipinski definition) is 1. The molecule has 0 aliphatic carbocycles. The summed E-state index contributed by atoms with van der Waals surface area (Å²) in [6, 6.07) is 6.73. The summed E-state index contributed by atoms with van der Waals surface area (Å²) in [5.41, 5.74) is 8.67. The number of nitrogens with two attached hydrogens (primary N) is 1. The van der Waals surface area contributed by atoms with Crippen molar-refractivity contribution in [3.05, 3.63) is 29.3 Å². The van der Waals surface area contributed by atoms with E-state index in [4.69, 9.17) is 10.5 Å². The molecular formula is C16H28N2O. The van der Waals surface area contributed by atoms with E-state index >= 15 is 0 Å². The number of nitrogens with zero attached hydrogens (tertiary/aromatic N) is 1. The second-order valence-electron chi connectivity index (χ2n) is 5.43. The molecule has 1 rings (SSSR count). The van der Waals surface area contributed by atoms with Gasteiger partial charge in [0.05, 0.1) is 7.11 Å². The van der Waals surface area contributed by atoms with Gasteiger partial charge in [0.25, 0.3) is 0 Å². The number of likely N-dealkylation sites (N-methyl/N-ethyl adjacent to an activating group) is 1. The smallest absolute Gasteiger partial charge is 0.123 e. The minimum absolute atomic E-state index is 0.0147. The van der Waals surface area contributed by atoms with Crippen LogP contribution in [0, 0.1) is 6.92 Å². The van der Waals surface area contributed by atoms with Crippen molar-refractivity contribution in [3.8, 4) is 5.75 Å². The molecule has 1 aromatic carbocycles. The van der Waals surface area contributed by atoms with Crippen molar-refractivity contribution in [2.45, 2.75) is 45.7 Å². The number of ether oxygens (including phenoxy) is 1. The fourth-order valence-electron chi connectivity index (χ4n) is 2.37. The molecule has 2 atom stereocenters. The summed E-state index contributed by atoms with van der Waals surface area (Å²) in [6.45, 7) is 7.40. The summed E-state index contributed by atoms with van der Waals surface area (Å²) in [6.07, 6.45) is 2.41. The maximum Gasteiger partial charge on any atom is 0.123 e. The molecule has 1 aromatic rings. The van der Waals surface area contributed by atoms with E-state index in [9.17, 15) is 0 Å². The first-order valence-corrected chi connectivity index (χ1v) is 7.10. The summed E-state index contributed by atoms with van der Waals surface area (Å²) >= 11 is 0. The first-order chi connectivity index (χ1) is 8.99. The Hall–Kier alpha value is -1.06.